The summed E-state index contributed by atoms with van der Waals surface area (Å²) >= 11 is 5.94. The second-order valence-corrected chi connectivity index (χ2v) is 4.17. The summed E-state index contributed by atoms with van der Waals surface area (Å²) in [6.07, 6.45) is 1.74. The molecular formula is C12H9ClN4. The van der Waals surface area contributed by atoms with E-state index >= 15 is 0 Å². The van der Waals surface area contributed by atoms with Crippen LogP contribution in [-0.4, -0.2) is 15.0 Å². The smallest absolute Gasteiger partial charge is 0.163 e. The number of rotatable bonds is 1. The van der Waals surface area contributed by atoms with E-state index < -0.39 is 0 Å². The second kappa shape index (κ2) is 3.91. The number of aromatic nitrogens is 3. The largest absolute Gasteiger partial charge is 0.324 e. The van der Waals surface area contributed by atoms with Gasteiger partial charge in [-0.15, -0.1) is 0 Å². The summed E-state index contributed by atoms with van der Waals surface area (Å²) in [4.78, 5) is 12.9. The maximum Gasteiger partial charge on any atom is 0.163 e. The molecule has 3 rings (SSSR count). The highest BCUT2D eigenvalue weighted by molar-refractivity contribution is 6.31. The first kappa shape index (κ1) is 10.4. The SMILES string of the molecule is NCc1ncc2cc3ccc(Cl)cc3nc2n1. The Hall–Kier alpha value is -1.78. The summed E-state index contributed by atoms with van der Waals surface area (Å²) in [5, 5.41) is 2.58. The molecule has 0 atom stereocenters. The Morgan fingerprint density at radius 3 is 2.82 bits per heavy atom. The molecule has 5 heteroatoms. The molecule has 2 heterocycles. The molecule has 0 unspecified atom stereocenters. The van der Waals surface area contributed by atoms with Gasteiger partial charge in [0.15, 0.2) is 5.65 Å². The quantitative estimate of drug-likeness (QED) is 0.667. The van der Waals surface area contributed by atoms with Gasteiger partial charge in [0.1, 0.15) is 5.82 Å². The predicted molar refractivity (Wildman–Crippen MR) is 67.7 cm³/mol. The van der Waals surface area contributed by atoms with E-state index in [1.54, 1.807) is 6.20 Å². The Labute approximate surface area is 102 Å². The van der Waals surface area contributed by atoms with Crippen LogP contribution in [-0.2, 0) is 6.54 Å². The van der Waals surface area contributed by atoms with E-state index in [4.69, 9.17) is 17.3 Å². The van der Waals surface area contributed by atoms with Crippen LogP contribution in [0.4, 0.5) is 0 Å². The molecule has 0 saturated heterocycles. The number of nitrogens with zero attached hydrogens (tertiary/aromatic N) is 3. The second-order valence-electron chi connectivity index (χ2n) is 3.73. The summed E-state index contributed by atoms with van der Waals surface area (Å²) in [5.74, 6) is 0.589. The number of halogens is 1. The van der Waals surface area contributed by atoms with E-state index in [9.17, 15) is 0 Å². The van der Waals surface area contributed by atoms with Crippen LogP contribution in [0.1, 0.15) is 5.82 Å². The molecule has 84 valence electrons. The van der Waals surface area contributed by atoms with Crippen molar-refractivity contribution in [2.75, 3.05) is 0 Å². The summed E-state index contributed by atoms with van der Waals surface area (Å²) in [5.41, 5.74) is 6.98. The normalized spacial score (nSPS) is 11.2. The van der Waals surface area contributed by atoms with Gasteiger partial charge in [-0.25, -0.2) is 15.0 Å². The average molecular weight is 245 g/mol. The van der Waals surface area contributed by atoms with Crippen molar-refractivity contribution < 1.29 is 0 Å². The lowest BCUT2D eigenvalue weighted by molar-refractivity contribution is 0.922. The van der Waals surface area contributed by atoms with E-state index in [-0.39, 0.29) is 0 Å². The lowest BCUT2D eigenvalue weighted by Crippen LogP contribution is -2.03. The van der Waals surface area contributed by atoms with Crippen molar-refractivity contribution in [1.82, 2.24) is 15.0 Å². The standard InChI is InChI=1S/C12H9ClN4/c13-9-2-1-7-3-8-6-15-11(5-14)17-12(8)16-10(7)4-9/h1-4,6H,5,14H2. The van der Waals surface area contributed by atoms with Gasteiger partial charge in [0.2, 0.25) is 0 Å². The van der Waals surface area contributed by atoms with Crippen LogP contribution in [0.15, 0.2) is 30.5 Å². The highest BCUT2D eigenvalue weighted by atomic mass is 35.5. The number of pyridine rings is 1. The third-order valence-corrected chi connectivity index (χ3v) is 2.79. The van der Waals surface area contributed by atoms with Gasteiger partial charge < -0.3 is 5.73 Å². The van der Waals surface area contributed by atoms with Crippen LogP contribution in [0.2, 0.25) is 5.02 Å². The first-order chi connectivity index (χ1) is 8.26. The summed E-state index contributed by atoms with van der Waals surface area (Å²) in [6.45, 7) is 0.311. The van der Waals surface area contributed by atoms with Gasteiger partial charge in [-0.1, -0.05) is 17.7 Å². The van der Waals surface area contributed by atoms with Crippen LogP contribution in [0.5, 0.6) is 0 Å². The van der Waals surface area contributed by atoms with Gasteiger partial charge in [0.25, 0.3) is 0 Å². The van der Waals surface area contributed by atoms with E-state index in [1.165, 1.54) is 0 Å². The third kappa shape index (κ3) is 1.81. The Balaban J connectivity index is 2.36. The number of fused-ring (bicyclic) bond motifs is 2. The molecule has 17 heavy (non-hydrogen) atoms. The van der Waals surface area contributed by atoms with Crippen molar-refractivity contribution in [2.24, 2.45) is 5.73 Å². The van der Waals surface area contributed by atoms with Gasteiger partial charge in [-0.2, -0.15) is 0 Å². The number of benzene rings is 1. The van der Waals surface area contributed by atoms with Gasteiger partial charge in [-0.3, -0.25) is 0 Å². The molecule has 0 bridgehead atoms. The summed E-state index contributed by atoms with van der Waals surface area (Å²) in [7, 11) is 0. The highest BCUT2D eigenvalue weighted by Gasteiger charge is 2.03. The minimum atomic E-state index is 0.311. The molecular weight excluding hydrogens is 236 g/mol. The lowest BCUT2D eigenvalue weighted by atomic mass is 10.2. The minimum Gasteiger partial charge on any atom is -0.324 e. The van der Waals surface area contributed by atoms with Crippen LogP contribution in [0, 0.1) is 0 Å². The molecule has 0 aliphatic rings. The van der Waals surface area contributed by atoms with Crippen molar-refractivity contribution >= 4 is 33.5 Å². The fourth-order valence-corrected chi connectivity index (χ4v) is 1.89. The van der Waals surface area contributed by atoms with Crippen LogP contribution in [0.25, 0.3) is 21.9 Å². The Morgan fingerprint density at radius 2 is 2.00 bits per heavy atom. The van der Waals surface area contributed by atoms with Crippen molar-refractivity contribution in [3.63, 3.8) is 0 Å². The van der Waals surface area contributed by atoms with Crippen LogP contribution in [0.3, 0.4) is 0 Å². The van der Waals surface area contributed by atoms with Crippen molar-refractivity contribution in [2.45, 2.75) is 6.54 Å². The van der Waals surface area contributed by atoms with Gasteiger partial charge >= 0.3 is 0 Å². The fourth-order valence-electron chi connectivity index (χ4n) is 1.72. The zero-order chi connectivity index (χ0) is 11.8. The minimum absolute atomic E-state index is 0.311. The van der Waals surface area contributed by atoms with E-state index in [1.807, 2.05) is 24.3 Å². The lowest BCUT2D eigenvalue weighted by Gasteiger charge is -2.02. The Morgan fingerprint density at radius 1 is 1.12 bits per heavy atom. The molecule has 2 N–H and O–H groups in total. The number of hydrogen-bond donors (Lipinski definition) is 1. The van der Waals surface area contributed by atoms with Gasteiger partial charge in [0.05, 0.1) is 12.1 Å². The summed E-state index contributed by atoms with van der Waals surface area (Å²) < 4.78 is 0. The Kier molecular flexibility index (Phi) is 2.39. The monoisotopic (exact) mass is 244 g/mol. The topological polar surface area (TPSA) is 64.7 Å². The first-order valence-electron chi connectivity index (χ1n) is 5.18. The molecule has 0 saturated carbocycles. The van der Waals surface area contributed by atoms with E-state index in [2.05, 4.69) is 15.0 Å². The van der Waals surface area contributed by atoms with E-state index in [0.29, 0.717) is 23.0 Å². The molecule has 4 nitrogen and oxygen atoms in total. The van der Waals surface area contributed by atoms with Gasteiger partial charge in [-0.05, 0) is 18.2 Å². The Bertz CT molecular complexity index is 711. The average Bonchev–Trinajstić information content (AvgIpc) is 2.35. The van der Waals surface area contributed by atoms with Crippen LogP contribution < -0.4 is 5.73 Å². The van der Waals surface area contributed by atoms with Crippen molar-refractivity contribution in [3.05, 3.63) is 41.3 Å². The van der Waals surface area contributed by atoms with Crippen molar-refractivity contribution in [3.8, 4) is 0 Å². The molecule has 0 radical (unpaired) electrons. The molecule has 3 aromatic rings. The zero-order valence-electron chi connectivity index (χ0n) is 8.89. The van der Waals surface area contributed by atoms with Gasteiger partial charge in [0, 0.05) is 22.0 Å². The summed E-state index contributed by atoms with van der Waals surface area (Å²) in [6, 6.07) is 7.59. The zero-order valence-corrected chi connectivity index (χ0v) is 9.65. The molecule has 0 aliphatic carbocycles. The van der Waals surface area contributed by atoms with Crippen molar-refractivity contribution in [1.29, 1.82) is 0 Å². The highest BCUT2D eigenvalue weighted by Crippen LogP contribution is 2.21. The maximum absolute atomic E-state index is 5.94. The third-order valence-electron chi connectivity index (χ3n) is 2.56. The number of nitrogens with two attached hydrogens (primary N) is 1. The molecule has 0 spiro atoms. The molecule has 0 aliphatic heterocycles. The molecule has 2 aromatic heterocycles. The molecule has 1 aromatic carbocycles. The number of hydrogen-bond acceptors (Lipinski definition) is 4. The first-order valence-corrected chi connectivity index (χ1v) is 5.56. The van der Waals surface area contributed by atoms with Crippen LogP contribution >= 0.6 is 11.6 Å². The maximum atomic E-state index is 5.94. The fraction of sp³-hybridized carbons (Fsp3) is 0.0833. The van der Waals surface area contributed by atoms with E-state index in [0.717, 1.165) is 16.3 Å². The predicted octanol–water partition coefficient (Wildman–Crippen LogP) is 2.29. The molecule has 0 amide bonds. The molecule has 0 fully saturated rings.